The van der Waals surface area contributed by atoms with Crippen molar-refractivity contribution < 1.29 is 17.9 Å². The fourth-order valence-electron chi connectivity index (χ4n) is 2.56. The van der Waals surface area contributed by atoms with E-state index in [0.717, 1.165) is 31.8 Å². The van der Waals surface area contributed by atoms with E-state index in [1.54, 1.807) is 0 Å². The molecule has 0 spiro atoms. The molecule has 1 aromatic carbocycles. The summed E-state index contributed by atoms with van der Waals surface area (Å²) in [7, 11) is 0. The van der Waals surface area contributed by atoms with Crippen LogP contribution in [0.2, 0.25) is 0 Å². The fourth-order valence-corrected chi connectivity index (χ4v) is 2.93. The van der Waals surface area contributed by atoms with Gasteiger partial charge in [-0.2, -0.15) is 13.2 Å². The second kappa shape index (κ2) is 7.01. The first-order valence-corrected chi connectivity index (χ1v) is 7.87. The molecule has 1 saturated heterocycles. The molecule has 0 saturated carbocycles. The summed E-state index contributed by atoms with van der Waals surface area (Å²) in [5, 5.41) is 0. The Bertz CT molecular complexity index is 478. The SMILES string of the molecule is CC1CCCN(CCOc2cc(C(F)(F)F)ccc2Br)C1. The molecule has 118 valence electrons. The highest BCUT2D eigenvalue weighted by molar-refractivity contribution is 9.10. The van der Waals surface area contributed by atoms with Crippen LogP contribution >= 0.6 is 15.9 Å². The van der Waals surface area contributed by atoms with Gasteiger partial charge in [0, 0.05) is 13.1 Å². The first kappa shape index (κ1) is 16.6. The molecule has 1 heterocycles. The standard InChI is InChI=1S/C15H19BrF3NO/c1-11-3-2-6-20(10-11)7-8-21-14-9-12(15(17,18)19)4-5-13(14)16/h4-5,9,11H,2-3,6-8,10H2,1H3. The number of benzene rings is 1. The summed E-state index contributed by atoms with van der Waals surface area (Å²) in [5.74, 6) is 0.925. The summed E-state index contributed by atoms with van der Waals surface area (Å²) in [6, 6.07) is 3.47. The van der Waals surface area contributed by atoms with E-state index in [9.17, 15) is 13.2 Å². The van der Waals surface area contributed by atoms with Crippen LogP contribution in [-0.4, -0.2) is 31.1 Å². The number of nitrogens with zero attached hydrogens (tertiary/aromatic N) is 1. The zero-order valence-corrected chi connectivity index (χ0v) is 13.5. The van der Waals surface area contributed by atoms with E-state index in [-0.39, 0.29) is 5.75 Å². The van der Waals surface area contributed by atoms with Gasteiger partial charge >= 0.3 is 6.18 Å². The first-order valence-electron chi connectivity index (χ1n) is 7.08. The van der Waals surface area contributed by atoms with Gasteiger partial charge in [-0.15, -0.1) is 0 Å². The van der Waals surface area contributed by atoms with Crippen LogP contribution in [0.25, 0.3) is 0 Å². The summed E-state index contributed by atoms with van der Waals surface area (Å²) in [5.41, 5.74) is -0.688. The summed E-state index contributed by atoms with van der Waals surface area (Å²) >= 11 is 3.23. The van der Waals surface area contributed by atoms with Crippen molar-refractivity contribution in [2.24, 2.45) is 5.92 Å². The normalized spacial score (nSPS) is 20.5. The van der Waals surface area contributed by atoms with Gasteiger partial charge < -0.3 is 4.74 Å². The molecular weight excluding hydrogens is 347 g/mol. The van der Waals surface area contributed by atoms with Crippen LogP contribution in [-0.2, 0) is 6.18 Å². The van der Waals surface area contributed by atoms with Crippen LogP contribution < -0.4 is 4.74 Å². The second-order valence-electron chi connectivity index (χ2n) is 5.54. The lowest BCUT2D eigenvalue weighted by Gasteiger charge is -2.30. The van der Waals surface area contributed by atoms with Gasteiger partial charge in [-0.3, -0.25) is 4.90 Å². The predicted octanol–water partition coefficient (Wildman–Crippen LogP) is 4.58. The Morgan fingerprint density at radius 2 is 2.14 bits per heavy atom. The van der Waals surface area contributed by atoms with E-state index in [1.165, 1.54) is 18.9 Å². The van der Waals surface area contributed by atoms with Crippen LogP contribution in [0.3, 0.4) is 0 Å². The molecule has 2 rings (SSSR count). The smallest absolute Gasteiger partial charge is 0.416 e. The van der Waals surface area contributed by atoms with Crippen molar-refractivity contribution in [1.29, 1.82) is 0 Å². The van der Waals surface area contributed by atoms with Gasteiger partial charge in [-0.05, 0) is 59.4 Å². The fraction of sp³-hybridized carbons (Fsp3) is 0.600. The maximum Gasteiger partial charge on any atom is 0.416 e. The number of likely N-dealkylation sites (tertiary alicyclic amines) is 1. The largest absolute Gasteiger partial charge is 0.491 e. The molecule has 1 fully saturated rings. The minimum absolute atomic E-state index is 0.245. The van der Waals surface area contributed by atoms with Crippen molar-refractivity contribution in [2.45, 2.75) is 25.9 Å². The van der Waals surface area contributed by atoms with E-state index in [2.05, 4.69) is 27.8 Å². The van der Waals surface area contributed by atoms with E-state index < -0.39 is 11.7 Å². The van der Waals surface area contributed by atoms with E-state index in [0.29, 0.717) is 17.0 Å². The van der Waals surface area contributed by atoms with Gasteiger partial charge in [0.2, 0.25) is 0 Å². The summed E-state index contributed by atoms with van der Waals surface area (Å²) in [6.07, 6.45) is -1.92. The number of alkyl halides is 3. The molecule has 0 aliphatic carbocycles. The molecule has 0 radical (unpaired) electrons. The molecule has 1 aliphatic heterocycles. The lowest BCUT2D eigenvalue weighted by Crippen LogP contribution is -2.37. The van der Waals surface area contributed by atoms with Crippen LogP contribution in [0.4, 0.5) is 13.2 Å². The van der Waals surface area contributed by atoms with Crippen LogP contribution in [0.15, 0.2) is 22.7 Å². The summed E-state index contributed by atoms with van der Waals surface area (Å²) in [4.78, 5) is 2.30. The maximum absolute atomic E-state index is 12.7. The highest BCUT2D eigenvalue weighted by Crippen LogP contribution is 2.35. The lowest BCUT2D eigenvalue weighted by atomic mass is 10.0. The Morgan fingerprint density at radius 1 is 1.38 bits per heavy atom. The number of rotatable bonds is 4. The van der Waals surface area contributed by atoms with Gasteiger partial charge in [0.15, 0.2) is 0 Å². The minimum atomic E-state index is -4.35. The molecule has 0 bridgehead atoms. The average Bonchev–Trinajstić information content (AvgIpc) is 2.39. The van der Waals surface area contributed by atoms with Crippen molar-refractivity contribution in [3.8, 4) is 5.75 Å². The monoisotopic (exact) mass is 365 g/mol. The molecule has 6 heteroatoms. The lowest BCUT2D eigenvalue weighted by molar-refractivity contribution is -0.137. The molecule has 0 amide bonds. The molecule has 1 atom stereocenters. The van der Waals surface area contributed by atoms with Gasteiger partial charge in [-0.25, -0.2) is 0 Å². The van der Waals surface area contributed by atoms with Gasteiger partial charge in [-0.1, -0.05) is 6.92 Å². The van der Waals surface area contributed by atoms with Crippen LogP contribution in [0.5, 0.6) is 5.75 Å². The molecule has 21 heavy (non-hydrogen) atoms. The molecule has 1 unspecified atom stereocenters. The quantitative estimate of drug-likeness (QED) is 0.774. The van der Waals surface area contributed by atoms with Crippen molar-refractivity contribution in [3.05, 3.63) is 28.2 Å². The number of ether oxygens (including phenoxy) is 1. The van der Waals surface area contributed by atoms with E-state index in [1.807, 2.05) is 0 Å². The Labute approximate surface area is 131 Å². The Hall–Kier alpha value is -0.750. The molecular formula is C15H19BrF3NO. The minimum Gasteiger partial charge on any atom is -0.491 e. The summed E-state index contributed by atoms with van der Waals surface area (Å²) in [6.45, 7) is 5.43. The van der Waals surface area contributed by atoms with Crippen molar-refractivity contribution in [3.63, 3.8) is 0 Å². The molecule has 1 aliphatic rings. The van der Waals surface area contributed by atoms with Crippen molar-refractivity contribution in [2.75, 3.05) is 26.2 Å². The number of piperidine rings is 1. The molecule has 0 N–H and O–H groups in total. The highest BCUT2D eigenvalue weighted by atomic mass is 79.9. The topological polar surface area (TPSA) is 12.5 Å². The third-order valence-electron chi connectivity index (χ3n) is 3.66. The highest BCUT2D eigenvalue weighted by Gasteiger charge is 2.31. The van der Waals surface area contributed by atoms with Crippen LogP contribution in [0, 0.1) is 5.92 Å². The second-order valence-corrected chi connectivity index (χ2v) is 6.39. The average molecular weight is 366 g/mol. The zero-order chi connectivity index (χ0) is 15.5. The van der Waals surface area contributed by atoms with Crippen molar-refractivity contribution >= 4 is 15.9 Å². The molecule has 1 aromatic rings. The Balaban J connectivity index is 1.90. The molecule has 0 aromatic heterocycles. The van der Waals surface area contributed by atoms with Crippen LogP contribution in [0.1, 0.15) is 25.3 Å². The third-order valence-corrected chi connectivity index (χ3v) is 4.32. The first-order chi connectivity index (χ1) is 9.86. The number of hydrogen-bond acceptors (Lipinski definition) is 2. The van der Waals surface area contributed by atoms with Gasteiger partial charge in [0.25, 0.3) is 0 Å². The maximum atomic E-state index is 12.7. The Morgan fingerprint density at radius 3 is 2.81 bits per heavy atom. The number of halogens is 4. The van der Waals surface area contributed by atoms with E-state index >= 15 is 0 Å². The number of hydrogen-bond donors (Lipinski definition) is 0. The van der Waals surface area contributed by atoms with Gasteiger partial charge in [0.1, 0.15) is 12.4 Å². The predicted molar refractivity (Wildman–Crippen MR) is 79.5 cm³/mol. The third kappa shape index (κ3) is 4.88. The van der Waals surface area contributed by atoms with Crippen molar-refractivity contribution in [1.82, 2.24) is 4.90 Å². The summed E-state index contributed by atoms with van der Waals surface area (Å²) < 4.78 is 44.1. The molecule has 2 nitrogen and oxygen atoms in total. The zero-order valence-electron chi connectivity index (χ0n) is 11.9. The van der Waals surface area contributed by atoms with Gasteiger partial charge in [0.05, 0.1) is 10.0 Å². The Kier molecular flexibility index (Phi) is 5.54. The van der Waals surface area contributed by atoms with E-state index in [4.69, 9.17) is 4.74 Å².